The van der Waals surface area contributed by atoms with Gasteiger partial charge in [0.1, 0.15) is 27.9 Å². The Morgan fingerprint density at radius 3 is 2.04 bits per heavy atom. The Morgan fingerprint density at radius 1 is 0.797 bits per heavy atom. The Labute approximate surface area is 389 Å². The quantitative estimate of drug-likeness (QED) is 0.113. The lowest BCUT2D eigenvalue weighted by molar-refractivity contribution is -0.125. The number of amides is 2. The lowest BCUT2D eigenvalue weighted by Crippen LogP contribution is -2.46. The molecular formula is C48H41FN14O6. The molecule has 3 aliphatic heterocycles. The maximum atomic E-state index is 15.0. The standard InChI is InChI=1S/C48H41FN14O6/c1-3-37(64)59-14-12-30(23-59)62-21-28(39-41(62)45(66)57-55-43(39)50)7-4-25-5-10-35-33(16-25)54-48(69-35)61-19-26(20-61)6-11-38(65)60-15-13-31(24-60)63-22-29(40-42(63)46(67)58-56-44(40)51)9-8-27-17-34-36(18-32(27)49)68-47(52-2)53-34/h3,5-6,10-11,16-18,21-22,26,30-31H,1,12-15,19-20,23-24H2,2H3,(H2,50,55)(H2,51,56)(H,52,53)(H,57,66)(H,58,67)/b11-6+/t30-,31-/m0/s1. The van der Waals surface area contributed by atoms with E-state index in [0.29, 0.717) is 108 Å². The van der Waals surface area contributed by atoms with Crippen molar-refractivity contribution in [3.05, 3.63) is 116 Å². The summed E-state index contributed by atoms with van der Waals surface area (Å²) in [7, 11) is 1.64. The van der Waals surface area contributed by atoms with Gasteiger partial charge in [0.05, 0.1) is 39.5 Å². The first-order valence-corrected chi connectivity index (χ1v) is 22.1. The SMILES string of the molecule is C=CC(=O)N1CC[C@H](n2cc(C#Cc3ccc4oc(N5CC(/C=C/C(=O)N6CC[C@H](n7cc(C#Cc8cc9nc(NC)oc9cc8F)c8c(N)n[nH]c(=O)c87)C6)C5)nc4c3)c3c(N)n[nH]c(=O)c32)C1. The number of hydrogen-bond donors (Lipinski definition) is 5. The van der Waals surface area contributed by atoms with E-state index in [2.05, 4.69) is 61.0 Å². The first kappa shape index (κ1) is 42.5. The number of aromatic amines is 2. The maximum absolute atomic E-state index is 15.0. The van der Waals surface area contributed by atoms with Gasteiger partial charge in [-0.3, -0.25) is 19.2 Å². The van der Waals surface area contributed by atoms with Crippen molar-refractivity contribution in [2.75, 3.05) is 68.0 Å². The number of nitrogens with two attached hydrogens (primary N) is 2. The van der Waals surface area contributed by atoms with Crippen molar-refractivity contribution in [2.45, 2.75) is 24.9 Å². The van der Waals surface area contributed by atoms with Crippen molar-refractivity contribution >= 4 is 79.5 Å². The summed E-state index contributed by atoms with van der Waals surface area (Å²) in [6.45, 7) is 6.53. The number of oxazole rings is 2. The van der Waals surface area contributed by atoms with Gasteiger partial charge in [-0.05, 0) is 49.3 Å². The fourth-order valence-corrected chi connectivity index (χ4v) is 9.37. The third kappa shape index (κ3) is 7.55. The first-order valence-electron chi connectivity index (χ1n) is 22.1. The molecule has 7 N–H and O–H groups in total. The van der Waals surface area contributed by atoms with Gasteiger partial charge in [-0.15, -0.1) is 0 Å². The average molecular weight is 929 g/mol. The number of halogens is 1. The molecule has 20 nitrogen and oxygen atoms in total. The molecule has 11 rings (SSSR count). The summed E-state index contributed by atoms with van der Waals surface area (Å²) >= 11 is 0. The molecule has 3 fully saturated rings. The molecule has 346 valence electrons. The summed E-state index contributed by atoms with van der Waals surface area (Å²) in [5.41, 5.74) is 15.9. The molecule has 0 radical (unpaired) electrons. The molecule has 2 aromatic carbocycles. The van der Waals surface area contributed by atoms with Gasteiger partial charge in [-0.2, -0.15) is 20.2 Å². The van der Waals surface area contributed by atoms with Crippen LogP contribution in [-0.4, -0.2) is 107 Å². The van der Waals surface area contributed by atoms with Crippen LogP contribution in [0, 0.1) is 35.4 Å². The number of carbonyl (C=O) groups excluding carboxylic acids is 2. The van der Waals surface area contributed by atoms with E-state index in [9.17, 15) is 19.2 Å². The Bertz CT molecular complexity index is 3750. The second-order valence-corrected chi connectivity index (χ2v) is 17.2. The van der Waals surface area contributed by atoms with Crippen LogP contribution in [0.2, 0.25) is 0 Å². The zero-order valence-corrected chi connectivity index (χ0v) is 36.9. The Morgan fingerprint density at radius 2 is 1.41 bits per heavy atom. The van der Waals surface area contributed by atoms with Crippen LogP contribution in [0.1, 0.15) is 47.2 Å². The molecule has 9 heterocycles. The molecule has 2 amide bonds. The first-order chi connectivity index (χ1) is 33.4. The molecule has 21 heteroatoms. The molecule has 0 unspecified atom stereocenters. The van der Waals surface area contributed by atoms with Crippen molar-refractivity contribution in [3.63, 3.8) is 0 Å². The highest BCUT2D eigenvalue weighted by molar-refractivity contribution is 5.96. The minimum atomic E-state index is -0.597. The highest BCUT2D eigenvalue weighted by atomic mass is 19.1. The van der Waals surface area contributed by atoms with E-state index in [1.807, 2.05) is 27.7 Å². The van der Waals surface area contributed by atoms with Crippen LogP contribution in [0.25, 0.3) is 44.0 Å². The molecule has 69 heavy (non-hydrogen) atoms. The Kier molecular flexibility index (Phi) is 10.3. The largest absolute Gasteiger partial charge is 0.423 e. The summed E-state index contributed by atoms with van der Waals surface area (Å²) in [4.78, 5) is 66.4. The fraction of sp³-hybridized carbons (Fsp3) is 0.250. The predicted octanol–water partition coefficient (Wildman–Crippen LogP) is 3.62. The summed E-state index contributed by atoms with van der Waals surface area (Å²) in [5, 5.41) is 16.4. The van der Waals surface area contributed by atoms with Crippen molar-refractivity contribution in [1.29, 1.82) is 0 Å². The maximum Gasteiger partial charge on any atom is 0.298 e. The summed E-state index contributed by atoms with van der Waals surface area (Å²) in [5.74, 6) is 11.6. The molecular weight excluding hydrogens is 888 g/mol. The number of likely N-dealkylation sites (tertiary alicyclic amines) is 2. The minimum Gasteiger partial charge on any atom is -0.423 e. The van der Waals surface area contributed by atoms with Gasteiger partial charge >= 0.3 is 0 Å². The van der Waals surface area contributed by atoms with E-state index in [0.717, 1.165) is 0 Å². The molecule has 2 atom stereocenters. The minimum absolute atomic E-state index is 0.0637. The van der Waals surface area contributed by atoms with E-state index >= 15 is 4.39 Å². The molecule has 0 saturated carbocycles. The normalized spacial score (nSPS) is 17.2. The number of hydrogen-bond acceptors (Lipinski definition) is 14. The molecule has 3 saturated heterocycles. The second-order valence-electron chi connectivity index (χ2n) is 17.2. The zero-order chi connectivity index (χ0) is 47.7. The topological polar surface area (TPSA) is 261 Å². The van der Waals surface area contributed by atoms with E-state index in [1.165, 1.54) is 18.2 Å². The Hall–Kier alpha value is -9.11. The molecule has 0 bridgehead atoms. The second kappa shape index (κ2) is 16.6. The number of nitrogen functional groups attached to an aromatic ring is 2. The number of aromatic nitrogens is 8. The van der Waals surface area contributed by atoms with Crippen LogP contribution in [0.3, 0.4) is 0 Å². The summed E-state index contributed by atoms with van der Waals surface area (Å²) in [6.07, 6.45) is 9.48. The monoisotopic (exact) mass is 928 g/mol. The highest BCUT2D eigenvalue weighted by Crippen LogP contribution is 2.33. The van der Waals surface area contributed by atoms with Gasteiger partial charge in [-0.1, -0.05) is 36.3 Å². The zero-order valence-electron chi connectivity index (χ0n) is 36.9. The van der Waals surface area contributed by atoms with Gasteiger partial charge in [-0.25, -0.2) is 14.6 Å². The van der Waals surface area contributed by atoms with Crippen molar-refractivity contribution in [2.24, 2.45) is 5.92 Å². The predicted molar refractivity (Wildman–Crippen MR) is 255 cm³/mol. The van der Waals surface area contributed by atoms with Crippen LogP contribution in [0.4, 0.5) is 28.1 Å². The number of H-pyrrole nitrogens is 2. The molecule has 8 aromatic rings. The fourth-order valence-electron chi connectivity index (χ4n) is 9.37. The number of carbonyl (C=O) groups is 2. The third-order valence-corrected chi connectivity index (χ3v) is 12.9. The van der Waals surface area contributed by atoms with E-state index < -0.39 is 16.9 Å². The van der Waals surface area contributed by atoms with Crippen LogP contribution < -0.4 is 32.8 Å². The van der Waals surface area contributed by atoms with Gasteiger partial charge in [0.25, 0.3) is 23.1 Å². The van der Waals surface area contributed by atoms with E-state index in [1.54, 1.807) is 46.0 Å². The number of nitrogens with one attached hydrogen (secondary N) is 3. The molecule has 3 aliphatic rings. The molecule has 0 spiro atoms. The van der Waals surface area contributed by atoms with E-state index in [4.69, 9.17) is 25.3 Å². The van der Waals surface area contributed by atoms with E-state index in [-0.39, 0.29) is 64.1 Å². The molecule has 0 aliphatic carbocycles. The van der Waals surface area contributed by atoms with Gasteiger partial charge in [0.15, 0.2) is 22.8 Å². The van der Waals surface area contributed by atoms with Crippen LogP contribution >= 0.6 is 0 Å². The highest BCUT2D eigenvalue weighted by Gasteiger charge is 2.32. The van der Waals surface area contributed by atoms with Gasteiger partial charge < -0.3 is 49.5 Å². The summed E-state index contributed by atoms with van der Waals surface area (Å²) in [6, 6.07) is 8.44. The van der Waals surface area contributed by atoms with Crippen molar-refractivity contribution in [1.82, 2.24) is 49.3 Å². The Balaban J connectivity index is 0.745. The van der Waals surface area contributed by atoms with Crippen molar-refractivity contribution in [3.8, 4) is 23.7 Å². The average Bonchev–Trinajstić information content (AvgIpc) is 4.20. The number of anilines is 4. The lowest BCUT2D eigenvalue weighted by atomic mass is 10.0. The third-order valence-electron chi connectivity index (χ3n) is 12.9. The number of nitrogens with zero attached hydrogens (tertiary/aromatic N) is 9. The number of rotatable bonds is 7. The van der Waals surface area contributed by atoms with Gasteiger partial charge in [0.2, 0.25) is 11.8 Å². The summed E-state index contributed by atoms with van der Waals surface area (Å²) < 4.78 is 30.2. The number of benzene rings is 2. The smallest absolute Gasteiger partial charge is 0.298 e. The van der Waals surface area contributed by atoms with Crippen molar-refractivity contribution < 1.29 is 22.8 Å². The van der Waals surface area contributed by atoms with Gasteiger partial charge in [0, 0.05) is 76.3 Å². The van der Waals surface area contributed by atoms with Crippen LogP contribution in [0.5, 0.6) is 0 Å². The molecule has 6 aromatic heterocycles. The lowest BCUT2D eigenvalue weighted by Gasteiger charge is -2.36. The van der Waals surface area contributed by atoms with Crippen LogP contribution in [0.15, 0.2) is 86.0 Å². The number of fused-ring (bicyclic) bond motifs is 4. The van der Waals surface area contributed by atoms with Crippen LogP contribution in [-0.2, 0) is 9.59 Å².